The number of rotatable bonds is 5. The van der Waals surface area contributed by atoms with Crippen molar-refractivity contribution in [1.82, 2.24) is 14.5 Å². The lowest BCUT2D eigenvalue weighted by atomic mass is 10.2. The third-order valence-electron chi connectivity index (χ3n) is 4.37. The molecule has 7 heteroatoms. The molecule has 1 aromatic rings. The normalized spacial score (nSPS) is 24.3. The smallest absolute Gasteiger partial charge is 0.244 e. The summed E-state index contributed by atoms with van der Waals surface area (Å²) in [6.07, 6.45) is 2.32. The van der Waals surface area contributed by atoms with Crippen molar-refractivity contribution in [2.24, 2.45) is 0 Å². The number of hydrogen-bond acceptors (Lipinski definition) is 5. The molecule has 1 atom stereocenters. The van der Waals surface area contributed by atoms with Gasteiger partial charge in [-0.05, 0) is 32.0 Å². The first-order valence-electron chi connectivity index (χ1n) is 7.63. The number of nitrogens with one attached hydrogen (secondary N) is 1. The maximum Gasteiger partial charge on any atom is 0.244 e. The molecule has 0 amide bonds. The van der Waals surface area contributed by atoms with Crippen LogP contribution in [-0.2, 0) is 16.6 Å². The maximum absolute atomic E-state index is 12.8. The Bertz CT molecular complexity index is 585. The summed E-state index contributed by atoms with van der Waals surface area (Å²) >= 11 is 1.52. The summed E-state index contributed by atoms with van der Waals surface area (Å²) in [7, 11) is -3.32. The minimum absolute atomic E-state index is 0.424. The summed E-state index contributed by atoms with van der Waals surface area (Å²) in [4.78, 5) is 3.97. The zero-order valence-electron chi connectivity index (χ0n) is 12.4. The van der Waals surface area contributed by atoms with Crippen LogP contribution in [0.5, 0.6) is 0 Å². The van der Waals surface area contributed by atoms with Crippen LogP contribution in [0.4, 0.5) is 0 Å². The van der Waals surface area contributed by atoms with Crippen molar-refractivity contribution in [3.8, 4) is 0 Å². The Hall–Kier alpha value is -0.470. The van der Waals surface area contributed by atoms with E-state index >= 15 is 0 Å². The fraction of sp³-hybridized carbons (Fsp3) is 0.714. The van der Waals surface area contributed by atoms with E-state index in [1.165, 1.54) is 17.8 Å². The van der Waals surface area contributed by atoms with E-state index in [1.807, 2.05) is 13.0 Å². The number of sulfonamides is 1. The summed E-state index contributed by atoms with van der Waals surface area (Å²) in [5.41, 5.74) is 0. The number of piperazine rings is 1. The lowest BCUT2D eigenvalue weighted by Crippen LogP contribution is -2.51. The van der Waals surface area contributed by atoms with Crippen molar-refractivity contribution in [2.45, 2.75) is 37.2 Å². The van der Waals surface area contributed by atoms with Gasteiger partial charge in [-0.1, -0.05) is 6.92 Å². The maximum atomic E-state index is 12.8. The highest BCUT2D eigenvalue weighted by atomic mass is 32.2. The molecule has 3 heterocycles. The lowest BCUT2D eigenvalue weighted by Gasteiger charge is -2.36. The van der Waals surface area contributed by atoms with Crippen molar-refractivity contribution in [1.29, 1.82) is 0 Å². The van der Waals surface area contributed by atoms with Gasteiger partial charge in [0.15, 0.2) is 0 Å². The Morgan fingerprint density at radius 1 is 1.38 bits per heavy atom. The zero-order valence-corrected chi connectivity index (χ0v) is 14.0. The van der Waals surface area contributed by atoms with Crippen molar-refractivity contribution >= 4 is 21.4 Å². The number of nitrogens with zero attached hydrogens (tertiary/aromatic N) is 2. The molecule has 0 aromatic carbocycles. The monoisotopic (exact) mass is 329 g/mol. The standard InChI is InChI=1S/C14H23N3O2S2/c1-2-15-9-13-8-14(11-20-13)21(18,19)17-7-6-16-5-3-4-12(16)10-17/h8,11-12,15H,2-7,9-10H2,1H3. The molecule has 0 saturated carbocycles. The van der Waals surface area contributed by atoms with Crippen molar-refractivity contribution in [2.75, 3.05) is 32.7 Å². The molecular formula is C14H23N3O2S2. The van der Waals surface area contributed by atoms with Gasteiger partial charge in [0.1, 0.15) is 0 Å². The molecule has 3 rings (SSSR count). The fourth-order valence-electron chi connectivity index (χ4n) is 3.17. The van der Waals surface area contributed by atoms with E-state index in [9.17, 15) is 8.42 Å². The molecule has 5 nitrogen and oxygen atoms in total. The molecule has 1 aromatic heterocycles. The Balaban J connectivity index is 1.72. The minimum atomic E-state index is -3.32. The first-order valence-corrected chi connectivity index (χ1v) is 9.95. The van der Waals surface area contributed by atoms with E-state index < -0.39 is 10.0 Å². The second-order valence-electron chi connectivity index (χ2n) is 5.72. The zero-order chi connectivity index (χ0) is 14.9. The number of hydrogen-bond donors (Lipinski definition) is 1. The van der Waals surface area contributed by atoms with E-state index in [4.69, 9.17) is 0 Å². The van der Waals surface area contributed by atoms with Crippen LogP contribution in [0.3, 0.4) is 0 Å². The summed E-state index contributed by atoms with van der Waals surface area (Å²) < 4.78 is 27.2. The number of fused-ring (bicyclic) bond motifs is 1. The van der Waals surface area contributed by atoms with Crippen LogP contribution in [0, 0.1) is 0 Å². The highest BCUT2D eigenvalue weighted by Crippen LogP contribution is 2.27. The van der Waals surface area contributed by atoms with E-state index in [0.29, 0.717) is 24.0 Å². The van der Waals surface area contributed by atoms with Gasteiger partial charge in [0, 0.05) is 42.5 Å². The van der Waals surface area contributed by atoms with Gasteiger partial charge in [0.05, 0.1) is 4.90 Å². The van der Waals surface area contributed by atoms with Gasteiger partial charge in [-0.25, -0.2) is 8.42 Å². The van der Waals surface area contributed by atoms with Gasteiger partial charge >= 0.3 is 0 Å². The Labute approximate surface area is 131 Å². The molecule has 2 saturated heterocycles. The highest BCUT2D eigenvalue weighted by molar-refractivity contribution is 7.89. The molecule has 21 heavy (non-hydrogen) atoms. The van der Waals surface area contributed by atoms with Crippen LogP contribution >= 0.6 is 11.3 Å². The summed E-state index contributed by atoms with van der Waals surface area (Å²) in [5, 5.41) is 5.02. The van der Waals surface area contributed by atoms with Gasteiger partial charge in [0.2, 0.25) is 10.0 Å². The van der Waals surface area contributed by atoms with Gasteiger partial charge in [0.25, 0.3) is 0 Å². The van der Waals surface area contributed by atoms with E-state index in [2.05, 4.69) is 10.2 Å². The van der Waals surface area contributed by atoms with Gasteiger partial charge in [-0.15, -0.1) is 11.3 Å². The van der Waals surface area contributed by atoms with Crippen LogP contribution in [-0.4, -0.2) is 56.4 Å². The predicted molar refractivity (Wildman–Crippen MR) is 85.1 cm³/mol. The van der Waals surface area contributed by atoms with Gasteiger partial charge < -0.3 is 5.32 Å². The van der Waals surface area contributed by atoms with Gasteiger partial charge in [-0.2, -0.15) is 4.31 Å². The molecule has 0 radical (unpaired) electrons. The average molecular weight is 329 g/mol. The second kappa shape index (κ2) is 6.34. The minimum Gasteiger partial charge on any atom is -0.312 e. The summed E-state index contributed by atoms with van der Waals surface area (Å²) in [5.74, 6) is 0. The predicted octanol–water partition coefficient (Wildman–Crippen LogP) is 1.33. The largest absolute Gasteiger partial charge is 0.312 e. The van der Waals surface area contributed by atoms with Crippen LogP contribution < -0.4 is 5.32 Å². The first kappa shape index (κ1) is 15.4. The molecule has 1 unspecified atom stereocenters. The molecule has 0 aliphatic carbocycles. The van der Waals surface area contributed by atoms with E-state index in [0.717, 1.165) is 37.5 Å². The SMILES string of the molecule is CCNCc1cc(S(=O)(=O)N2CCN3CCCC3C2)cs1. The van der Waals surface area contributed by atoms with E-state index in [-0.39, 0.29) is 0 Å². The Morgan fingerprint density at radius 3 is 3.05 bits per heavy atom. The molecular weight excluding hydrogens is 306 g/mol. The van der Waals surface area contributed by atoms with Crippen LogP contribution in [0.2, 0.25) is 0 Å². The average Bonchev–Trinajstić information content (AvgIpc) is 3.13. The third-order valence-corrected chi connectivity index (χ3v) is 7.30. The fourth-order valence-corrected chi connectivity index (χ4v) is 5.87. The molecule has 0 bridgehead atoms. The van der Waals surface area contributed by atoms with E-state index in [1.54, 1.807) is 9.69 Å². The van der Waals surface area contributed by atoms with Crippen LogP contribution in [0.1, 0.15) is 24.6 Å². The molecule has 2 aliphatic rings. The molecule has 1 N–H and O–H groups in total. The molecule has 2 fully saturated rings. The summed E-state index contributed by atoms with van der Waals surface area (Å²) in [6.45, 7) is 6.96. The Morgan fingerprint density at radius 2 is 2.24 bits per heavy atom. The van der Waals surface area contributed by atoms with Crippen LogP contribution in [0.25, 0.3) is 0 Å². The lowest BCUT2D eigenvalue weighted by molar-refractivity contribution is 0.158. The van der Waals surface area contributed by atoms with Gasteiger partial charge in [-0.3, -0.25) is 4.90 Å². The number of thiophene rings is 1. The molecule has 2 aliphatic heterocycles. The van der Waals surface area contributed by atoms with Crippen molar-refractivity contribution in [3.63, 3.8) is 0 Å². The Kier molecular flexibility index (Phi) is 4.66. The second-order valence-corrected chi connectivity index (χ2v) is 8.66. The topological polar surface area (TPSA) is 52.7 Å². The third kappa shape index (κ3) is 3.17. The molecule has 118 valence electrons. The quantitative estimate of drug-likeness (QED) is 0.885. The highest BCUT2D eigenvalue weighted by Gasteiger charge is 2.36. The van der Waals surface area contributed by atoms with Crippen molar-refractivity contribution in [3.05, 3.63) is 16.3 Å². The first-order chi connectivity index (χ1) is 10.1. The summed E-state index contributed by atoms with van der Waals surface area (Å²) in [6, 6.07) is 2.25. The van der Waals surface area contributed by atoms with Crippen LogP contribution in [0.15, 0.2) is 16.3 Å². The molecule has 0 spiro atoms. The van der Waals surface area contributed by atoms with Crippen molar-refractivity contribution < 1.29 is 8.42 Å².